The van der Waals surface area contributed by atoms with Gasteiger partial charge in [-0.05, 0) is 58.0 Å². The molecule has 0 amide bonds. The van der Waals surface area contributed by atoms with Gasteiger partial charge in [0.2, 0.25) is 0 Å². The quantitative estimate of drug-likeness (QED) is 0.806. The molecule has 1 aromatic carbocycles. The number of carbonyl (C=O) groups is 1. The van der Waals surface area contributed by atoms with Crippen LogP contribution in [0.5, 0.6) is 5.75 Å². The molecule has 1 heterocycles. The van der Waals surface area contributed by atoms with Crippen molar-refractivity contribution in [3.63, 3.8) is 0 Å². The molecule has 2 N–H and O–H groups in total. The molecule has 1 saturated heterocycles. The Morgan fingerprint density at radius 3 is 2.48 bits per heavy atom. The van der Waals surface area contributed by atoms with Crippen molar-refractivity contribution in [2.75, 3.05) is 12.3 Å². The Labute approximate surface area is 136 Å². The van der Waals surface area contributed by atoms with Gasteiger partial charge in [-0.15, -0.1) is 0 Å². The summed E-state index contributed by atoms with van der Waals surface area (Å²) in [6.45, 7) is 5.94. The lowest BCUT2D eigenvalue weighted by atomic mass is 10.0. The molecule has 7 heteroatoms. The third-order valence-electron chi connectivity index (χ3n) is 3.65. The zero-order valence-electron chi connectivity index (χ0n) is 13.6. The number of ether oxygens (including phenoxy) is 1. The molecular weight excluding hydrogens is 318 g/mol. The number of aromatic hydroxyl groups is 1. The zero-order chi connectivity index (χ0) is 17.3. The molecule has 1 aliphatic heterocycles. The van der Waals surface area contributed by atoms with Gasteiger partial charge in [-0.25, -0.2) is 8.42 Å². The van der Waals surface area contributed by atoms with Crippen LogP contribution in [0, 0.1) is 5.92 Å². The molecule has 1 aliphatic rings. The van der Waals surface area contributed by atoms with E-state index < -0.39 is 27.4 Å². The fourth-order valence-electron chi connectivity index (χ4n) is 2.59. The van der Waals surface area contributed by atoms with Crippen LogP contribution >= 0.6 is 0 Å². The summed E-state index contributed by atoms with van der Waals surface area (Å²) in [7, 11) is -3.55. The molecule has 0 radical (unpaired) electrons. The van der Waals surface area contributed by atoms with E-state index in [1.54, 1.807) is 20.8 Å². The maximum Gasteiger partial charge on any atom is 0.311 e. The summed E-state index contributed by atoms with van der Waals surface area (Å²) in [6, 6.07) is 4.92. The van der Waals surface area contributed by atoms with Crippen molar-refractivity contribution in [3.05, 3.63) is 24.3 Å². The fraction of sp³-hybridized carbons (Fsp3) is 0.562. The van der Waals surface area contributed by atoms with Crippen LogP contribution in [-0.2, 0) is 19.4 Å². The Balaban J connectivity index is 2.11. The first-order chi connectivity index (χ1) is 10.6. The second-order valence-electron chi connectivity index (χ2n) is 6.76. The van der Waals surface area contributed by atoms with Gasteiger partial charge < -0.3 is 15.2 Å². The molecule has 1 fully saturated rings. The highest BCUT2D eigenvalue weighted by Crippen LogP contribution is 2.24. The first-order valence-electron chi connectivity index (χ1n) is 7.56. The van der Waals surface area contributed by atoms with Crippen molar-refractivity contribution in [2.24, 2.45) is 5.92 Å². The van der Waals surface area contributed by atoms with E-state index in [0.717, 1.165) is 0 Å². The van der Waals surface area contributed by atoms with Gasteiger partial charge in [0.05, 0.1) is 16.6 Å². The molecule has 0 saturated carbocycles. The maximum atomic E-state index is 12.5. The highest BCUT2D eigenvalue weighted by Gasteiger charge is 2.38. The highest BCUT2D eigenvalue weighted by molar-refractivity contribution is 7.91. The average Bonchev–Trinajstić information content (AvgIpc) is 2.84. The number of esters is 1. The highest BCUT2D eigenvalue weighted by atomic mass is 32.2. The van der Waals surface area contributed by atoms with Crippen LogP contribution in [0.2, 0.25) is 0 Å². The molecule has 23 heavy (non-hydrogen) atoms. The summed E-state index contributed by atoms with van der Waals surface area (Å²) >= 11 is 0. The maximum absolute atomic E-state index is 12.5. The van der Waals surface area contributed by atoms with Crippen molar-refractivity contribution < 1.29 is 23.1 Å². The smallest absolute Gasteiger partial charge is 0.311 e. The van der Waals surface area contributed by atoms with E-state index in [9.17, 15) is 18.3 Å². The predicted octanol–water partition coefficient (Wildman–Crippen LogP) is 1.49. The minimum atomic E-state index is -3.55. The number of nitrogens with one attached hydrogen (secondary N) is 1. The van der Waals surface area contributed by atoms with E-state index >= 15 is 0 Å². The lowest BCUT2D eigenvalue weighted by Crippen LogP contribution is -2.40. The van der Waals surface area contributed by atoms with Gasteiger partial charge in [0.1, 0.15) is 11.4 Å². The van der Waals surface area contributed by atoms with Crippen molar-refractivity contribution in [1.82, 2.24) is 5.32 Å². The second kappa shape index (κ2) is 6.49. The minimum absolute atomic E-state index is 0.00886. The SMILES string of the molecule is CC(C)(C)OC(=O)[C@H]1CCNC1CS(=O)(=O)c1ccc(O)cc1. The zero-order valence-corrected chi connectivity index (χ0v) is 14.4. The number of rotatable bonds is 4. The molecule has 0 bridgehead atoms. The molecule has 1 aromatic rings. The lowest BCUT2D eigenvalue weighted by Gasteiger charge is -2.24. The van der Waals surface area contributed by atoms with Crippen LogP contribution in [0.4, 0.5) is 0 Å². The first-order valence-corrected chi connectivity index (χ1v) is 9.22. The number of phenols is 1. The summed E-state index contributed by atoms with van der Waals surface area (Å²) in [6.07, 6.45) is 0.560. The largest absolute Gasteiger partial charge is 0.508 e. The van der Waals surface area contributed by atoms with Gasteiger partial charge in [0.25, 0.3) is 0 Å². The Hall–Kier alpha value is -1.60. The number of phenolic OH excluding ortho intramolecular Hbond substituents is 1. The monoisotopic (exact) mass is 341 g/mol. The fourth-order valence-corrected chi connectivity index (χ4v) is 4.15. The van der Waals surface area contributed by atoms with E-state index in [2.05, 4.69) is 5.32 Å². The molecule has 128 valence electrons. The number of benzene rings is 1. The first kappa shape index (κ1) is 17.7. The summed E-state index contributed by atoms with van der Waals surface area (Å²) in [4.78, 5) is 12.4. The molecule has 0 spiro atoms. The Bertz CT molecular complexity index is 661. The standard InChI is InChI=1S/C16H23NO5S/c1-16(2,3)22-15(19)13-8-9-17-14(13)10-23(20,21)12-6-4-11(18)5-7-12/h4-7,13-14,17-18H,8-10H2,1-3H3/t13-,14?/m0/s1. The predicted molar refractivity (Wildman–Crippen MR) is 85.9 cm³/mol. The molecule has 0 aromatic heterocycles. The number of hydrogen-bond donors (Lipinski definition) is 2. The van der Waals surface area contributed by atoms with E-state index in [-0.39, 0.29) is 22.4 Å². The summed E-state index contributed by atoms with van der Waals surface area (Å²) in [5.41, 5.74) is -0.597. The van der Waals surface area contributed by atoms with E-state index in [0.29, 0.717) is 13.0 Å². The van der Waals surface area contributed by atoms with Crippen LogP contribution in [0.15, 0.2) is 29.2 Å². The van der Waals surface area contributed by atoms with E-state index in [1.807, 2.05) is 0 Å². The summed E-state index contributed by atoms with van der Waals surface area (Å²) < 4.78 is 30.3. The molecule has 1 unspecified atom stereocenters. The third-order valence-corrected chi connectivity index (χ3v) is 5.44. The normalized spacial score (nSPS) is 22.0. The van der Waals surface area contributed by atoms with Crippen LogP contribution in [0.1, 0.15) is 27.2 Å². The molecule has 6 nitrogen and oxygen atoms in total. The van der Waals surface area contributed by atoms with Crippen LogP contribution in [0.3, 0.4) is 0 Å². The van der Waals surface area contributed by atoms with Gasteiger partial charge >= 0.3 is 5.97 Å². The number of sulfone groups is 1. The average molecular weight is 341 g/mol. The van der Waals surface area contributed by atoms with Gasteiger partial charge in [-0.2, -0.15) is 0 Å². The molecule has 0 aliphatic carbocycles. The van der Waals surface area contributed by atoms with Crippen molar-refractivity contribution in [2.45, 2.75) is 43.7 Å². The minimum Gasteiger partial charge on any atom is -0.508 e. The molecule has 2 rings (SSSR count). The van der Waals surface area contributed by atoms with Crippen molar-refractivity contribution >= 4 is 15.8 Å². The second-order valence-corrected chi connectivity index (χ2v) is 8.80. The number of carbonyl (C=O) groups excluding carboxylic acids is 1. The topological polar surface area (TPSA) is 92.7 Å². The third kappa shape index (κ3) is 4.68. The van der Waals surface area contributed by atoms with E-state index in [1.165, 1.54) is 24.3 Å². The Morgan fingerprint density at radius 2 is 1.91 bits per heavy atom. The van der Waals surface area contributed by atoms with Gasteiger partial charge in [-0.1, -0.05) is 0 Å². The van der Waals surface area contributed by atoms with E-state index in [4.69, 9.17) is 4.74 Å². The lowest BCUT2D eigenvalue weighted by molar-refractivity contribution is -0.160. The van der Waals surface area contributed by atoms with Crippen LogP contribution < -0.4 is 5.32 Å². The summed E-state index contributed by atoms with van der Waals surface area (Å²) in [5, 5.41) is 12.3. The van der Waals surface area contributed by atoms with Gasteiger partial charge in [0, 0.05) is 6.04 Å². The molecule has 2 atom stereocenters. The van der Waals surface area contributed by atoms with Gasteiger partial charge in [-0.3, -0.25) is 4.79 Å². The Morgan fingerprint density at radius 1 is 1.30 bits per heavy atom. The van der Waals surface area contributed by atoms with Gasteiger partial charge in [0.15, 0.2) is 9.84 Å². The van der Waals surface area contributed by atoms with Crippen molar-refractivity contribution in [3.8, 4) is 5.75 Å². The summed E-state index contributed by atoms with van der Waals surface area (Å²) in [5.74, 6) is -1.01. The molecular formula is C16H23NO5S. The number of hydrogen-bond acceptors (Lipinski definition) is 6. The van der Waals surface area contributed by atoms with Crippen molar-refractivity contribution in [1.29, 1.82) is 0 Å². The van der Waals surface area contributed by atoms with Crippen LogP contribution in [0.25, 0.3) is 0 Å². The van der Waals surface area contributed by atoms with Crippen LogP contribution in [-0.4, -0.2) is 43.4 Å². The Kier molecular flexibility index (Phi) is 5.01.